The molecule has 0 heterocycles. The van der Waals surface area contributed by atoms with E-state index < -0.39 is 13.7 Å². The third-order valence-corrected chi connectivity index (χ3v) is 3.29. The van der Waals surface area contributed by atoms with Gasteiger partial charge in [-0.2, -0.15) is 0 Å². The molecule has 84 valence electrons. The molecule has 0 saturated heterocycles. The molecule has 0 bridgehead atoms. The molecule has 0 fully saturated rings. The number of hydrogen-bond donors (Lipinski definition) is 1. The zero-order chi connectivity index (χ0) is 11.0. The molecule has 0 saturated carbocycles. The van der Waals surface area contributed by atoms with Crippen LogP contribution in [0.4, 0.5) is 4.79 Å². The lowest BCUT2D eigenvalue weighted by molar-refractivity contribution is 0.158. The summed E-state index contributed by atoms with van der Waals surface area (Å²) in [5, 5.41) is 0. The molecule has 14 heavy (non-hydrogen) atoms. The maximum atomic E-state index is 11.7. The third-order valence-electron chi connectivity index (χ3n) is 1.26. The van der Waals surface area contributed by atoms with Crippen molar-refractivity contribution in [3.63, 3.8) is 0 Å². The predicted octanol–water partition coefficient (Wildman–Crippen LogP) is 1.35. The highest BCUT2D eigenvalue weighted by molar-refractivity contribution is 7.53. The zero-order valence-corrected chi connectivity index (χ0v) is 9.29. The van der Waals surface area contributed by atoms with Crippen LogP contribution in [-0.4, -0.2) is 32.1 Å². The molecule has 7 heteroatoms. The number of amides is 1. The van der Waals surface area contributed by atoms with Gasteiger partial charge in [0.1, 0.15) is 6.61 Å². The second-order valence-electron chi connectivity index (χ2n) is 2.34. The molecule has 0 rings (SSSR count). The van der Waals surface area contributed by atoms with Crippen LogP contribution in [0.3, 0.4) is 0 Å². The molecule has 0 atom stereocenters. The molecule has 0 aromatic carbocycles. The van der Waals surface area contributed by atoms with Gasteiger partial charge in [0.15, 0.2) is 0 Å². The lowest BCUT2D eigenvalue weighted by Gasteiger charge is -2.16. The van der Waals surface area contributed by atoms with Crippen molar-refractivity contribution in [3.8, 4) is 0 Å². The van der Waals surface area contributed by atoms with Gasteiger partial charge in [0.05, 0.1) is 19.4 Å². The van der Waals surface area contributed by atoms with Gasteiger partial charge in [0.2, 0.25) is 0 Å². The van der Waals surface area contributed by atoms with E-state index in [1.807, 2.05) is 0 Å². The molecular formula is C7H16NO5P. The maximum Gasteiger partial charge on any atom is 0.404 e. The van der Waals surface area contributed by atoms with Gasteiger partial charge < -0.3 is 19.5 Å². The fourth-order valence-corrected chi connectivity index (χ4v) is 2.25. The summed E-state index contributed by atoms with van der Waals surface area (Å²) >= 11 is 0. The number of ether oxygens (including phenoxy) is 1. The Bertz CT molecular complexity index is 210. The zero-order valence-electron chi connectivity index (χ0n) is 8.39. The average Bonchev–Trinajstić information content (AvgIpc) is 2.03. The largest absolute Gasteiger partial charge is 0.449 e. The maximum absolute atomic E-state index is 11.7. The van der Waals surface area contributed by atoms with E-state index in [0.717, 1.165) is 0 Å². The first-order chi connectivity index (χ1) is 6.54. The Kier molecular flexibility index (Phi) is 6.53. The highest BCUT2D eigenvalue weighted by Crippen LogP contribution is 2.47. The molecule has 6 nitrogen and oxygen atoms in total. The Morgan fingerprint density at radius 3 is 2.14 bits per heavy atom. The Morgan fingerprint density at radius 1 is 1.29 bits per heavy atom. The first kappa shape index (κ1) is 13.4. The SMILES string of the molecule is CCOP(=O)(CCOC(N)=O)OCC. The summed E-state index contributed by atoms with van der Waals surface area (Å²) < 4.78 is 26.1. The number of carbonyl (C=O) groups excluding carboxylic acids is 1. The van der Waals surface area contributed by atoms with Crippen LogP contribution in [0.5, 0.6) is 0 Å². The fraction of sp³-hybridized carbons (Fsp3) is 0.857. The van der Waals surface area contributed by atoms with Crippen LogP contribution in [0.25, 0.3) is 0 Å². The predicted molar refractivity (Wildman–Crippen MR) is 51.3 cm³/mol. The van der Waals surface area contributed by atoms with Gasteiger partial charge in [-0.05, 0) is 13.8 Å². The molecule has 0 aliphatic rings. The van der Waals surface area contributed by atoms with E-state index >= 15 is 0 Å². The van der Waals surface area contributed by atoms with Crippen LogP contribution in [-0.2, 0) is 18.3 Å². The van der Waals surface area contributed by atoms with Crippen molar-refractivity contribution in [1.82, 2.24) is 0 Å². The second kappa shape index (κ2) is 6.81. The normalized spacial score (nSPS) is 11.3. The molecule has 0 spiro atoms. The van der Waals surface area contributed by atoms with Crippen LogP contribution in [0.2, 0.25) is 0 Å². The first-order valence-corrected chi connectivity index (χ1v) is 6.07. The lowest BCUT2D eigenvalue weighted by atomic mass is 10.8. The highest BCUT2D eigenvalue weighted by Gasteiger charge is 2.23. The van der Waals surface area contributed by atoms with Crippen molar-refractivity contribution in [1.29, 1.82) is 0 Å². The molecule has 2 N–H and O–H groups in total. The molecule has 0 radical (unpaired) electrons. The van der Waals surface area contributed by atoms with E-state index in [4.69, 9.17) is 14.8 Å². The molecule has 0 aliphatic heterocycles. The van der Waals surface area contributed by atoms with Crippen molar-refractivity contribution >= 4 is 13.7 Å². The minimum Gasteiger partial charge on any atom is -0.449 e. The number of rotatable bonds is 7. The van der Waals surface area contributed by atoms with Gasteiger partial charge in [-0.25, -0.2) is 4.79 Å². The number of primary amides is 1. The summed E-state index contributed by atoms with van der Waals surface area (Å²) in [6, 6.07) is 0. The summed E-state index contributed by atoms with van der Waals surface area (Å²) in [6.45, 7) is 3.93. The summed E-state index contributed by atoms with van der Waals surface area (Å²) in [7, 11) is -3.11. The van der Waals surface area contributed by atoms with Crippen molar-refractivity contribution in [3.05, 3.63) is 0 Å². The second-order valence-corrected chi connectivity index (χ2v) is 4.52. The smallest absolute Gasteiger partial charge is 0.404 e. The molecule has 0 unspecified atom stereocenters. The Hall–Kier alpha value is -0.580. The monoisotopic (exact) mass is 225 g/mol. The Morgan fingerprint density at radius 2 is 1.79 bits per heavy atom. The van der Waals surface area contributed by atoms with E-state index in [-0.39, 0.29) is 26.0 Å². The van der Waals surface area contributed by atoms with Crippen LogP contribution < -0.4 is 5.73 Å². The third kappa shape index (κ3) is 5.96. The van der Waals surface area contributed by atoms with E-state index in [1.54, 1.807) is 13.8 Å². The molecule has 0 aromatic heterocycles. The highest BCUT2D eigenvalue weighted by atomic mass is 31.2. The van der Waals surface area contributed by atoms with Crippen molar-refractivity contribution in [2.45, 2.75) is 13.8 Å². The van der Waals surface area contributed by atoms with Crippen molar-refractivity contribution in [2.75, 3.05) is 26.0 Å². The molecule has 0 aliphatic carbocycles. The van der Waals surface area contributed by atoms with Crippen molar-refractivity contribution in [2.24, 2.45) is 5.73 Å². The lowest BCUT2D eigenvalue weighted by Crippen LogP contribution is -2.16. The summed E-state index contributed by atoms with van der Waals surface area (Å²) in [6.07, 6.45) is -0.873. The quantitative estimate of drug-likeness (QED) is 0.660. The van der Waals surface area contributed by atoms with E-state index in [0.29, 0.717) is 0 Å². The minimum atomic E-state index is -3.11. The van der Waals surface area contributed by atoms with Crippen LogP contribution in [0.15, 0.2) is 0 Å². The van der Waals surface area contributed by atoms with E-state index in [1.165, 1.54) is 0 Å². The van der Waals surface area contributed by atoms with Gasteiger partial charge in [0.25, 0.3) is 0 Å². The van der Waals surface area contributed by atoms with Crippen LogP contribution in [0, 0.1) is 0 Å². The number of hydrogen-bond acceptors (Lipinski definition) is 5. The van der Waals surface area contributed by atoms with Gasteiger partial charge in [-0.3, -0.25) is 4.57 Å². The molecular weight excluding hydrogens is 209 g/mol. The van der Waals surface area contributed by atoms with Gasteiger partial charge in [-0.1, -0.05) is 0 Å². The van der Waals surface area contributed by atoms with Gasteiger partial charge >= 0.3 is 13.7 Å². The Balaban J connectivity index is 3.96. The van der Waals surface area contributed by atoms with Crippen molar-refractivity contribution < 1.29 is 23.1 Å². The van der Waals surface area contributed by atoms with Gasteiger partial charge in [0, 0.05) is 0 Å². The van der Waals surface area contributed by atoms with Gasteiger partial charge in [-0.15, -0.1) is 0 Å². The molecule has 1 amide bonds. The average molecular weight is 225 g/mol. The first-order valence-electron chi connectivity index (χ1n) is 4.34. The summed E-state index contributed by atoms with van der Waals surface area (Å²) in [4.78, 5) is 10.2. The van der Waals surface area contributed by atoms with E-state index in [9.17, 15) is 9.36 Å². The number of nitrogens with two attached hydrogens (primary N) is 1. The van der Waals surface area contributed by atoms with E-state index in [2.05, 4.69) is 4.74 Å². The van der Waals surface area contributed by atoms with Crippen LogP contribution in [0.1, 0.15) is 13.8 Å². The molecule has 0 aromatic rings. The standard InChI is InChI=1S/C7H16NO5P/c1-3-12-14(10,13-4-2)6-5-11-7(8)9/h3-6H2,1-2H3,(H2,8,9). The summed E-state index contributed by atoms with van der Waals surface area (Å²) in [5.41, 5.74) is 4.74. The minimum absolute atomic E-state index is 0.0254. The topological polar surface area (TPSA) is 87.9 Å². The number of carbonyl (C=O) groups is 1. The fourth-order valence-electron chi connectivity index (χ4n) is 0.818. The van der Waals surface area contributed by atoms with Crippen LogP contribution >= 0.6 is 7.60 Å². The summed E-state index contributed by atoms with van der Waals surface area (Å²) in [5.74, 6) is 0. The Labute approximate surface area is 83.2 Å².